The van der Waals surface area contributed by atoms with Crippen LogP contribution in [0.2, 0.25) is 5.02 Å². The molecule has 0 saturated carbocycles. The maximum absolute atomic E-state index is 15.0. The number of carbonyl (C=O) groups excluding carboxylic acids is 2. The number of fused-ring (bicyclic) bond motifs is 2. The second-order valence-corrected chi connectivity index (χ2v) is 13.6. The van der Waals surface area contributed by atoms with Crippen molar-refractivity contribution in [2.75, 3.05) is 13.1 Å². The van der Waals surface area contributed by atoms with Crippen LogP contribution in [0, 0.1) is 17.6 Å². The number of hydrogen-bond donors (Lipinski definition) is 1. The Labute approximate surface area is 247 Å². The van der Waals surface area contributed by atoms with Gasteiger partial charge in [-0.25, -0.2) is 8.78 Å². The summed E-state index contributed by atoms with van der Waals surface area (Å²) in [6.45, 7) is 11.0. The van der Waals surface area contributed by atoms with E-state index in [1.807, 2.05) is 12.1 Å². The highest BCUT2D eigenvalue weighted by Gasteiger charge is 2.50. The molecule has 2 aromatic carbocycles. The molecule has 3 aliphatic heterocycles. The summed E-state index contributed by atoms with van der Waals surface area (Å²) in [5.74, 6) is -1.62. The van der Waals surface area contributed by atoms with Crippen LogP contribution in [-0.2, 0) is 9.59 Å². The average molecular weight is 586 g/mol. The minimum Gasteiger partial charge on any atom is -0.350 e. The number of amides is 2. The van der Waals surface area contributed by atoms with E-state index in [0.717, 1.165) is 43.7 Å². The fourth-order valence-electron chi connectivity index (χ4n) is 7.57. The van der Waals surface area contributed by atoms with E-state index in [2.05, 4.69) is 48.9 Å². The Morgan fingerprint density at radius 3 is 2.27 bits per heavy atom. The standard InChI is InChI=1S/C33H42ClF2N3O2/c1-6-31(37-19(2)40)27-15-21(34)7-11-25(27)20-13-23-9-10-24(14-20)39(23)32(41)29-18-38(33(3,4)5)17-28(29)26-12-8-22(35)16-30(26)36/h7-8,11-12,15-16,20,23-24,28-29,31H,6,9-10,13-14,17-18H2,1-5H3,(H,37,40)/t20?,23?,24?,28-,29?,31?/m0/s1. The summed E-state index contributed by atoms with van der Waals surface area (Å²) >= 11 is 6.41. The van der Waals surface area contributed by atoms with Gasteiger partial charge in [-0.2, -0.15) is 0 Å². The lowest BCUT2D eigenvalue weighted by molar-refractivity contribution is -0.140. The number of rotatable bonds is 6. The number of carbonyl (C=O) groups is 2. The van der Waals surface area contributed by atoms with Crippen molar-refractivity contribution in [1.82, 2.24) is 15.1 Å². The lowest BCUT2D eigenvalue weighted by atomic mass is 9.80. The van der Waals surface area contributed by atoms with Gasteiger partial charge in [0.2, 0.25) is 11.8 Å². The van der Waals surface area contributed by atoms with Crippen molar-refractivity contribution >= 4 is 23.4 Å². The second-order valence-electron chi connectivity index (χ2n) is 13.2. The van der Waals surface area contributed by atoms with Crippen LogP contribution in [0.25, 0.3) is 0 Å². The number of likely N-dealkylation sites (tertiary alicyclic amines) is 1. The fourth-order valence-corrected chi connectivity index (χ4v) is 7.75. The lowest BCUT2D eigenvalue weighted by Gasteiger charge is -2.42. The molecule has 4 unspecified atom stereocenters. The van der Waals surface area contributed by atoms with E-state index < -0.39 is 11.6 Å². The smallest absolute Gasteiger partial charge is 0.228 e. The van der Waals surface area contributed by atoms with Crippen LogP contribution in [0.3, 0.4) is 0 Å². The van der Waals surface area contributed by atoms with Gasteiger partial charge < -0.3 is 10.2 Å². The Morgan fingerprint density at radius 2 is 1.68 bits per heavy atom. The summed E-state index contributed by atoms with van der Waals surface area (Å²) in [6.07, 6.45) is 4.34. The first kappa shape index (κ1) is 30.0. The third-order valence-corrected chi connectivity index (χ3v) is 9.82. The van der Waals surface area contributed by atoms with Crippen molar-refractivity contribution in [1.29, 1.82) is 0 Å². The SMILES string of the molecule is CCC(NC(C)=O)c1cc(Cl)ccc1C1CC2CCC(C1)N2C(=O)C1CN(C(C)(C)C)C[C@H]1c1ccc(F)cc1F. The first-order chi connectivity index (χ1) is 19.4. The Hall–Kier alpha value is -2.51. The molecule has 3 saturated heterocycles. The molecule has 5 atom stereocenters. The molecule has 3 heterocycles. The van der Waals surface area contributed by atoms with E-state index in [1.165, 1.54) is 24.6 Å². The zero-order valence-corrected chi connectivity index (χ0v) is 25.5. The van der Waals surface area contributed by atoms with Crippen molar-refractivity contribution in [3.05, 3.63) is 69.7 Å². The summed E-state index contributed by atoms with van der Waals surface area (Å²) in [4.78, 5) is 30.7. The van der Waals surface area contributed by atoms with Gasteiger partial charge in [-0.1, -0.05) is 30.7 Å². The summed E-state index contributed by atoms with van der Waals surface area (Å²) in [7, 11) is 0. The first-order valence-corrected chi connectivity index (χ1v) is 15.3. The van der Waals surface area contributed by atoms with Crippen LogP contribution in [0.1, 0.15) is 101 Å². The van der Waals surface area contributed by atoms with Crippen LogP contribution in [0.5, 0.6) is 0 Å². The molecule has 1 N–H and O–H groups in total. The van der Waals surface area contributed by atoms with Crippen molar-refractivity contribution in [2.24, 2.45) is 5.92 Å². The van der Waals surface area contributed by atoms with Crippen LogP contribution in [0.4, 0.5) is 8.78 Å². The number of nitrogens with zero attached hydrogens (tertiary/aromatic N) is 2. The topological polar surface area (TPSA) is 52.7 Å². The zero-order chi connectivity index (χ0) is 29.6. The predicted molar refractivity (Wildman–Crippen MR) is 158 cm³/mol. The third kappa shape index (κ3) is 6.03. The molecule has 2 bridgehead atoms. The predicted octanol–water partition coefficient (Wildman–Crippen LogP) is 6.96. The third-order valence-electron chi connectivity index (χ3n) is 9.59. The zero-order valence-electron chi connectivity index (χ0n) is 24.7. The number of halogens is 3. The molecular weight excluding hydrogens is 544 g/mol. The van der Waals surface area contributed by atoms with Gasteiger partial charge >= 0.3 is 0 Å². The van der Waals surface area contributed by atoms with Gasteiger partial charge in [0.1, 0.15) is 11.6 Å². The quantitative estimate of drug-likeness (QED) is 0.399. The largest absolute Gasteiger partial charge is 0.350 e. The highest BCUT2D eigenvalue weighted by Crippen LogP contribution is 2.47. The maximum atomic E-state index is 15.0. The van der Waals surface area contributed by atoms with Crippen LogP contribution in [-0.4, -0.2) is 52.3 Å². The summed E-state index contributed by atoms with van der Waals surface area (Å²) in [5, 5.41) is 3.72. The van der Waals surface area contributed by atoms with E-state index in [4.69, 9.17) is 11.6 Å². The molecule has 0 spiro atoms. The van der Waals surface area contributed by atoms with Gasteiger partial charge in [0.25, 0.3) is 0 Å². The molecule has 8 heteroatoms. The van der Waals surface area contributed by atoms with Gasteiger partial charge in [0, 0.05) is 54.6 Å². The van der Waals surface area contributed by atoms with Crippen LogP contribution < -0.4 is 5.32 Å². The van der Waals surface area contributed by atoms with Crippen molar-refractivity contribution < 1.29 is 18.4 Å². The molecule has 0 radical (unpaired) electrons. The summed E-state index contributed by atoms with van der Waals surface area (Å²) in [5.41, 5.74) is 2.51. The summed E-state index contributed by atoms with van der Waals surface area (Å²) < 4.78 is 28.8. The Kier molecular flexibility index (Phi) is 8.51. The van der Waals surface area contributed by atoms with Crippen LogP contribution in [0.15, 0.2) is 36.4 Å². The molecule has 2 amide bonds. The van der Waals surface area contributed by atoms with E-state index in [0.29, 0.717) is 23.7 Å². The average Bonchev–Trinajstić information content (AvgIpc) is 3.46. The molecule has 0 aromatic heterocycles. The summed E-state index contributed by atoms with van der Waals surface area (Å²) in [6, 6.07) is 9.83. The highest BCUT2D eigenvalue weighted by molar-refractivity contribution is 6.30. The number of benzene rings is 2. The van der Waals surface area contributed by atoms with Crippen LogP contribution >= 0.6 is 11.6 Å². The second kappa shape index (κ2) is 11.6. The van der Waals surface area contributed by atoms with Gasteiger partial charge in [-0.05, 0) is 93.7 Å². The first-order valence-electron chi connectivity index (χ1n) is 15.0. The van der Waals surface area contributed by atoms with E-state index >= 15 is 4.39 Å². The van der Waals surface area contributed by atoms with Gasteiger partial charge in [0.15, 0.2) is 0 Å². The maximum Gasteiger partial charge on any atom is 0.228 e. The number of nitrogens with one attached hydrogen (secondary N) is 1. The molecular formula is C33H42ClF2N3O2. The highest BCUT2D eigenvalue weighted by atomic mass is 35.5. The minimum atomic E-state index is -0.606. The van der Waals surface area contributed by atoms with Crippen molar-refractivity contribution in [3.8, 4) is 0 Å². The van der Waals surface area contributed by atoms with E-state index in [-0.39, 0.29) is 53.2 Å². The Morgan fingerprint density at radius 1 is 1.02 bits per heavy atom. The van der Waals surface area contributed by atoms with E-state index in [1.54, 1.807) is 0 Å². The lowest BCUT2D eigenvalue weighted by Crippen LogP contribution is -2.50. The molecule has 5 nitrogen and oxygen atoms in total. The molecule has 3 aliphatic rings. The van der Waals surface area contributed by atoms with Gasteiger partial charge in [0.05, 0.1) is 12.0 Å². The number of hydrogen-bond acceptors (Lipinski definition) is 3. The molecule has 0 aliphatic carbocycles. The normalized spacial score (nSPS) is 27.2. The molecule has 222 valence electrons. The number of piperidine rings is 1. The molecule has 41 heavy (non-hydrogen) atoms. The molecule has 5 rings (SSSR count). The Balaban J connectivity index is 1.41. The molecule has 2 aromatic rings. The monoisotopic (exact) mass is 585 g/mol. The van der Waals surface area contributed by atoms with Crippen molar-refractivity contribution in [3.63, 3.8) is 0 Å². The van der Waals surface area contributed by atoms with Gasteiger partial charge in [-0.3, -0.25) is 14.5 Å². The van der Waals surface area contributed by atoms with E-state index in [9.17, 15) is 14.0 Å². The molecule has 3 fully saturated rings. The van der Waals surface area contributed by atoms with Gasteiger partial charge in [-0.15, -0.1) is 0 Å². The fraction of sp³-hybridized carbons (Fsp3) is 0.576. The van der Waals surface area contributed by atoms with Crippen molar-refractivity contribution in [2.45, 2.75) is 102 Å². The Bertz CT molecular complexity index is 1300. The minimum absolute atomic E-state index is 0.0729.